The first-order chi connectivity index (χ1) is 13.6. The van der Waals surface area contributed by atoms with Crippen LogP contribution in [-0.2, 0) is 0 Å². The zero-order chi connectivity index (χ0) is 19.7. The fraction of sp³-hybridized carbons (Fsp3) is 0.273. The van der Waals surface area contributed by atoms with Crippen LogP contribution in [0.5, 0.6) is 5.75 Å². The van der Waals surface area contributed by atoms with Crippen molar-refractivity contribution in [3.63, 3.8) is 0 Å². The summed E-state index contributed by atoms with van der Waals surface area (Å²) in [6.45, 7) is 4.40. The van der Waals surface area contributed by atoms with Crippen LogP contribution in [0.15, 0.2) is 58.5 Å². The minimum atomic E-state index is -0.113. The zero-order valence-electron chi connectivity index (χ0n) is 16.2. The normalized spacial score (nSPS) is 11.6. The van der Waals surface area contributed by atoms with Crippen molar-refractivity contribution in [3.05, 3.63) is 58.9 Å². The predicted octanol–water partition coefficient (Wildman–Crippen LogP) is 5.01. The van der Waals surface area contributed by atoms with Gasteiger partial charge in [-0.3, -0.25) is 4.79 Å². The number of thioether (sulfide) groups is 1. The number of fused-ring (bicyclic) bond motifs is 3. The van der Waals surface area contributed by atoms with Gasteiger partial charge < -0.3 is 9.72 Å². The fourth-order valence-electron chi connectivity index (χ4n) is 3.25. The summed E-state index contributed by atoms with van der Waals surface area (Å²) in [6, 6.07) is 15.4. The number of nitrogens with one attached hydrogen (secondary N) is 1. The van der Waals surface area contributed by atoms with Gasteiger partial charge in [-0.1, -0.05) is 55.9 Å². The summed E-state index contributed by atoms with van der Waals surface area (Å²) < 4.78 is 7.18. The van der Waals surface area contributed by atoms with Gasteiger partial charge in [0.25, 0.3) is 5.56 Å². The molecule has 0 fully saturated rings. The Bertz CT molecular complexity index is 1190. The van der Waals surface area contributed by atoms with Crippen molar-refractivity contribution in [1.29, 1.82) is 0 Å². The molecule has 4 aromatic rings. The molecule has 5 nitrogen and oxygen atoms in total. The monoisotopic (exact) mass is 393 g/mol. The van der Waals surface area contributed by atoms with Gasteiger partial charge in [0, 0.05) is 16.7 Å². The van der Waals surface area contributed by atoms with Gasteiger partial charge in [0.05, 0.1) is 12.8 Å². The van der Waals surface area contributed by atoms with E-state index in [0.717, 1.165) is 28.6 Å². The third kappa shape index (κ3) is 3.29. The molecule has 1 N–H and O–H groups in total. The fourth-order valence-corrected chi connectivity index (χ4v) is 4.49. The highest BCUT2D eigenvalue weighted by atomic mass is 32.2. The van der Waals surface area contributed by atoms with Crippen molar-refractivity contribution in [3.8, 4) is 11.4 Å². The van der Waals surface area contributed by atoms with Crippen LogP contribution in [0, 0.1) is 5.92 Å². The van der Waals surface area contributed by atoms with Crippen molar-refractivity contribution in [2.45, 2.75) is 25.4 Å². The van der Waals surface area contributed by atoms with E-state index in [1.807, 2.05) is 48.5 Å². The molecule has 0 saturated heterocycles. The Hall–Kier alpha value is -2.73. The van der Waals surface area contributed by atoms with Gasteiger partial charge in [-0.2, -0.15) is 0 Å². The standard InChI is InChI=1S/C22H23N3O2S/c1-14(2)12-13-28-22-24-19-15-8-4-5-9-16(15)23-20(19)21(26)25(22)17-10-6-7-11-18(17)27-3/h4-11,14,23H,12-13H2,1-3H3. The summed E-state index contributed by atoms with van der Waals surface area (Å²) >= 11 is 1.61. The molecule has 0 aliphatic heterocycles. The van der Waals surface area contributed by atoms with Crippen molar-refractivity contribution in [2.75, 3.05) is 12.9 Å². The smallest absolute Gasteiger partial charge is 0.283 e. The van der Waals surface area contributed by atoms with Gasteiger partial charge in [0.2, 0.25) is 0 Å². The Labute approximate surface area is 167 Å². The molecule has 0 unspecified atom stereocenters. The highest BCUT2D eigenvalue weighted by Gasteiger charge is 2.19. The first kappa shape index (κ1) is 18.6. The third-order valence-corrected chi connectivity index (χ3v) is 5.72. The van der Waals surface area contributed by atoms with Gasteiger partial charge in [-0.15, -0.1) is 0 Å². The predicted molar refractivity (Wildman–Crippen MR) is 116 cm³/mol. The Morgan fingerprint density at radius 2 is 1.89 bits per heavy atom. The molecule has 2 aromatic carbocycles. The summed E-state index contributed by atoms with van der Waals surface area (Å²) in [5.74, 6) is 2.14. The van der Waals surface area contributed by atoms with Gasteiger partial charge >= 0.3 is 0 Å². The molecule has 4 rings (SSSR count). The molecule has 0 saturated carbocycles. The topological polar surface area (TPSA) is 59.9 Å². The lowest BCUT2D eigenvalue weighted by molar-refractivity contribution is 0.411. The molecule has 0 amide bonds. The molecule has 0 atom stereocenters. The van der Waals surface area contributed by atoms with E-state index in [1.54, 1.807) is 23.4 Å². The van der Waals surface area contributed by atoms with Crippen LogP contribution in [0.1, 0.15) is 20.3 Å². The van der Waals surface area contributed by atoms with Gasteiger partial charge in [0.1, 0.15) is 16.8 Å². The number of nitrogens with zero attached hydrogens (tertiary/aromatic N) is 2. The molecule has 0 spiro atoms. The Kier molecular flexibility index (Phi) is 5.13. The largest absolute Gasteiger partial charge is 0.495 e. The lowest BCUT2D eigenvalue weighted by Crippen LogP contribution is -2.22. The lowest BCUT2D eigenvalue weighted by atomic mass is 10.2. The van der Waals surface area contributed by atoms with Crippen LogP contribution in [0.25, 0.3) is 27.6 Å². The second-order valence-corrected chi connectivity index (χ2v) is 8.19. The number of methoxy groups -OCH3 is 1. The van der Waals surface area contributed by atoms with Crippen LogP contribution in [0.3, 0.4) is 0 Å². The second kappa shape index (κ2) is 7.72. The SMILES string of the molecule is COc1ccccc1-n1c(SCCC(C)C)nc2c([nH]c3ccccc32)c1=O. The summed E-state index contributed by atoms with van der Waals surface area (Å²) in [4.78, 5) is 21.7. The first-order valence-electron chi connectivity index (χ1n) is 9.39. The Morgan fingerprint density at radius 1 is 1.14 bits per heavy atom. The summed E-state index contributed by atoms with van der Waals surface area (Å²) in [6.07, 6.45) is 1.05. The molecule has 0 aliphatic rings. The average molecular weight is 394 g/mol. The van der Waals surface area contributed by atoms with Gasteiger partial charge in [-0.25, -0.2) is 9.55 Å². The van der Waals surface area contributed by atoms with Gasteiger partial charge in [0.15, 0.2) is 5.16 Å². The number of hydrogen-bond acceptors (Lipinski definition) is 4. The zero-order valence-corrected chi connectivity index (χ0v) is 17.0. The minimum absolute atomic E-state index is 0.113. The molecular formula is C22H23N3O2S. The Balaban J connectivity index is 1.98. The van der Waals surface area contributed by atoms with E-state index < -0.39 is 0 Å². The number of para-hydroxylation sites is 3. The van der Waals surface area contributed by atoms with E-state index in [9.17, 15) is 4.79 Å². The summed E-state index contributed by atoms with van der Waals surface area (Å²) in [5.41, 5.74) is 2.74. The summed E-state index contributed by atoms with van der Waals surface area (Å²) in [7, 11) is 1.62. The van der Waals surface area contributed by atoms with E-state index in [4.69, 9.17) is 9.72 Å². The van der Waals surface area contributed by atoms with E-state index in [2.05, 4.69) is 18.8 Å². The van der Waals surface area contributed by atoms with Crippen molar-refractivity contribution < 1.29 is 4.74 Å². The van der Waals surface area contributed by atoms with Crippen LogP contribution in [-0.4, -0.2) is 27.4 Å². The van der Waals surface area contributed by atoms with Crippen molar-refractivity contribution in [2.24, 2.45) is 5.92 Å². The molecule has 28 heavy (non-hydrogen) atoms. The number of ether oxygens (including phenoxy) is 1. The molecule has 2 heterocycles. The van der Waals surface area contributed by atoms with E-state index in [0.29, 0.717) is 28.0 Å². The van der Waals surface area contributed by atoms with E-state index in [1.165, 1.54) is 0 Å². The maximum absolute atomic E-state index is 13.5. The summed E-state index contributed by atoms with van der Waals surface area (Å²) in [5, 5.41) is 1.65. The Morgan fingerprint density at radius 3 is 2.68 bits per heavy atom. The first-order valence-corrected chi connectivity index (χ1v) is 10.4. The number of benzene rings is 2. The molecular weight excluding hydrogens is 370 g/mol. The van der Waals surface area contributed by atoms with Crippen molar-refractivity contribution >= 4 is 33.7 Å². The lowest BCUT2D eigenvalue weighted by Gasteiger charge is -2.15. The number of hydrogen-bond donors (Lipinski definition) is 1. The highest BCUT2D eigenvalue weighted by molar-refractivity contribution is 7.99. The number of aromatic nitrogens is 3. The minimum Gasteiger partial charge on any atom is -0.495 e. The van der Waals surface area contributed by atoms with Gasteiger partial charge in [-0.05, 0) is 30.5 Å². The molecule has 0 aliphatic carbocycles. The third-order valence-electron chi connectivity index (χ3n) is 4.75. The van der Waals surface area contributed by atoms with Crippen molar-refractivity contribution in [1.82, 2.24) is 14.5 Å². The van der Waals surface area contributed by atoms with Crippen LogP contribution in [0.2, 0.25) is 0 Å². The van der Waals surface area contributed by atoms with Crippen LogP contribution < -0.4 is 10.3 Å². The molecule has 144 valence electrons. The van der Waals surface area contributed by atoms with E-state index in [-0.39, 0.29) is 5.56 Å². The average Bonchev–Trinajstić information content (AvgIpc) is 3.07. The molecule has 0 radical (unpaired) electrons. The maximum Gasteiger partial charge on any atom is 0.283 e. The molecule has 0 bridgehead atoms. The number of rotatable bonds is 6. The molecule has 2 aromatic heterocycles. The number of aromatic amines is 1. The maximum atomic E-state index is 13.5. The highest BCUT2D eigenvalue weighted by Crippen LogP contribution is 2.30. The van der Waals surface area contributed by atoms with E-state index >= 15 is 0 Å². The quantitative estimate of drug-likeness (QED) is 0.369. The van der Waals surface area contributed by atoms with Crippen LogP contribution in [0.4, 0.5) is 0 Å². The molecule has 6 heteroatoms. The number of H-pyrrole nitrogens is 1. The van der Waals surface area contributed by atoms with Crippen LogP contribution >= 0.6 is 11.8 Å². The second-order valence-electron chi connectivity index (χ2n) is 7.13.